The van der Waals surface area contributed by atoms with E-state index in [9.17, 15) is 9.59 Å². The van der Waals surface area contributed by atoms with Crippen molar-refractivity contribution in [1.29, 1.82) is 0 Å². The molecule has 1 aliphatic carbocycles. The molecule has 0 spiro atoms. The maximum absolute atomic E-state index is 13.5. The van der Waals surface area contributed by atoms with Gasteiger partial charge in [-0.3, -0.25) is 9.59 Å². The number of carbonyl (C=O) groups is 2. The zero-order valence-electron chi connectivity index (χ0n) is 19.1. The maximum Gasteiger partial charge on any atom is 0.242 e. The molecule has 0 saturated heterocycles. The zero-order valence-corrected chi connectivity index (χ0v) is 20.6. The quantitative estimate of drug-likeness (QED) is 0.533. The van der Waals surface area contributed by atoms with Gasteiger partial charge in [0.25, 0.3) is 0 Å². The van der Waals surface area contributed by atoms with Crippen LogP contribution in [0.5, 0.6) is 0 Å². The summed E-state index contributed by atoms with van der Waals surface area (Å²) in [6.45, 7) is 6.11. The van der Waals surface area contributed by atoms with Crippen LogP contribution in [0.2, 0.25) is 10.0 Å². The van der Waals surface area contributed by atoms with Gasteiger partial charge >= 0.3 is 0 Å². The minimum absolute atomic E-state index is 0.0870. The van der Waals surface area contributed by atoms with Crippen LogP contribution in [0.1, 0.15) is 61.3 Å². The largest absolute Gasteiger partial charge is 0.352 e. The van der Waals surface area contributed by atoms with Gasteiger partial charge in [0.2, 0.25) is 11.8 Å². The molecular formula is C26H32Cl2N2O2. The number of halogens is 2. The summed E-state index contributed by atoms with van der Waals surface area (Å²) in [5.41, 5.74) is 4.00. The highest BCUT2D eigenvalue weighted by Crippen LogP contribution is 2.24. The number of rotatable bonds is 7. The number of carbonyl (C=O) groups excluding carboxylic acids is 2. The van der Waals surface area contributed by atoms with Crippen LogP contribution in [0.4, 0.5) is 0 Å². The molecule has 0 aliphatic heterocycles. The van der Waals surface area contributed by atoms with E-state index in [2.05, 4.69) is 5.32 Å². The minimum atomic E-state index is -0.594. The van der Waals surface area contributed by atoms with Crippen LogP contribution < -0.4 is 5.32 Å². The Morgan fingerprint density at radius 3 is 2.44 bits per heavy atom. The van der Waals surface area contributed by atoms with Gasteiger partial charge in [-0.05, 0) is 62.4 Å². The van der Waals surface area contributed by atoms with Crippen molar-refractivity contribution in [3.63, 3.8) is 0 Å². The summed E-state index contributed by atoms with van der Waals surface area (Å²) < 4.78 is 0. The van der Waals surface area contributed by atoms with E-state index in [0.717, 1.165) is 47.9 Å². The summed E-state index contributed by atoms with van der Waals surface area (Å²) >= 11 is 12.3. The second kappa shape index (κ2) is 11.2. The summed E-state index contributed by atoms with van der Waals surface area (Å²) in [6.07, 6.45) is 5.74. The van der Waals surface area contributed by atoms with Crippen molar-refractivity contribution in [2.75, 3.05) is 0 Å². The van der Waals surface area contributed by atoms with Crippen LogP contribution in [0.15, 0.2) is 36.4 Å². The minimum Gasteiger partial charge on any atom is -0.352 e. The molecule has 0 radical (unpaired) electrons. The molecule has 3 rings (SSSR count). The van der Waals surface area contributed by atoms with Crippen molar-refractivity contribution < 1.29 is 9.59 Å². The predicted octanol–water partition coefficient (Wildman–Crippen LogP) is 6.02. The average Bonchev–Trinajstić information content (AvgIpc) is 2.77. The van der Waals surface area contributed by atoms with Crippen LogP contribution in [0, 0.1) is 13.8 Å². The smallest absolute Gasteiger partial charge is 0.242 e. The second-order valence-electron chi connectivity index (χ2n) is 8.90. The number of amides is 2. The molecular weight excluding hydrogens is 443 g/mol. The Kier molecular flexibility index (Phi) is 8.61. The molecule has 172 valence electrons. The van der Waals surface area contributed by atoms with E-state index in [0.29, 0.717) is 16.6 Å². The lowest BCUT2D eigenvalue weighted by molar-refractivity contribution is -0.140. The molecule has 1 N–H and O–H groups in total. The van der Waals surface area contributed by atoms with Crippen LogP contribution in [0.25, 0.3) is 0 Å². The fraction of sp³-hybridized carbons (Fsp3) is 0.462. The van der Waals surface area contributed by atoms with Gasteiger partial charge in [-0.15, -0.1) is 0 Å². The van der Waals surface area contributed by atoms with E-state index in [-0.39, 0.29) is 24.3 Å². The first-order valence-corrected chi connectivity index (χ1v) is 12.1. The third-order valence-corrected chi connectivity index (χ3v) is 7.04. The molecule has 1 aliphatic rings. The van der Waals surface area contributed by atoms with Crippen molar-refractivity contribution in [1.82, 2.24) is 10.2 Å². The number of nitrogens with zero attached hydrogens (tertiary/aromatic N) is 1. The summed E-state index contributed by atoms with van der Waals surface area (Å²) in [4.78, 5) is 28.2. The third-order valence-electron chi connectivity index (χ3n) is 6.30. The molecule has 1 atom stereocenters. The normalized spacial score (nSPS) is 15.3. The molecule has 1 saturated carbocycles. The topological polar surface area (TPSA) is 49.4 Å². The molecule has 0 heterocycles. The third kappa shape index (κ3) is 6.49. The number of benzene rings is 2. The number of hydrogen-bond donors (Lipinski definition) is 1. The van der Waals surface area contributed by atoms with Gasteiger partial charge in [0.15, 0.2) is 0 Å². The molecule has 2 aromatic carbocycles. The standard InChI is InChI=1S/C26H32Cl2N2O2/c1-17-9-10-18(2)21(13-17)15-25(31)30(16-20-11-12-23(27)24(28)14-20)19(3)26(32)29-22-7-5-4-6-8-22/h9-14,19,22H,4-8,15-16H2,1-3H3,(H,29,32). The average molecular weight is 475 g/mol. The molecule has 0 bridgehead atoms. The van der Waals surface area contributed by atoms with Crippen LogP contribution in [0.3, 0.4) is 0 Å². The van der Waals surface area contributed by atoms with Gasteiger partial charge in [-0.2, -0.15) is 0 Å². The van der Waals surface area contributed by atoms with Crippen molar-refractivity contribution in [2.45, 2.75) is 77.9 Å². The van der Waals surface area contributed by atoms with Crippen molar-refractivity contribution in [2.24, 2.45) is 0 Å². The SMILES string of the molecule is Cc1ccc(C)c(CC(=O)N(Cc2ccc(Cl)c(Cl)c2)C(C)C(=O)NC2CCCCC2)c1. The van der Waals surface area contributed by atoms with Gasteiger partial charge in [0.1, 0.15) is 6.04 Å². The molecule has 2 amide bonds. The van der Waals surface area contributed by atoms with Gasteiger partial charge < -0.3 is 10.2 Å². The summed E-state index contributed by atoms with van der Waals surface area (Å²) in [5.74, 6) is -0.192. The number of nitrogens with one attached hydrogen (secondary N) is 1. The molecule has 32 heavy (non-hydrogen) atoms. The lowest BCUT2D eigenvalue weighted by atomic mass is 9.95. The van der Waals surface area contributed by atoms with E-state index in [1.54, 1.807) is 24.0 Å². The lowest BCUT2D eigenvalue weighted by Gasteiger charge is -2.31. The summed E-state index contributed by atoms with van der Waals surface area (Å²) in [6, 6.07) is 11.0. The highest BCUT2D eigenvalue weighted by molar-refractivity contribution is 6.42. The number of aryl methyl sites for hydroxylation is 2. The molecule has 0 aromatic heterocycles. The first-order chi connectivity index (χ1) is 15.2. The van der Waals surface area contributed by atoms with E-state index in [1.807, 2.05) is 38.1 Å². The zero-order chi connectivity index (χ0) is 23.3. The Bertz CT molecular complexity index is 970. The fourth-order valence-corrected chi connectivity index (χ4v) is 4.56. The first-order valence-electron chi connectivity index (χ1n) is 11.3. The van der Waals surface area contributed by atoms with Gasteiger partial charge in [0, 0.05) is 12.6 Å². The Morgan fingerprint density at radius 2 is 1.75 bits per heavy atom. The van der Waals surface area contributed by atoms with E-state index >= 15 is 0 Å². The molecule has 2 aromatic rings. The van der Waals surface area contributed by atoms with Crippen molar-refractivity contribution >= 4 is 35.0 Å². The van der Waals surface area contributed by atoms with E-state index in [1.165, 1.54) is 6.42 Å². The monoisotopic (exact) mass is 474 g/mol. The fourth-order valence-electron chi connectivity index (χ4n) is 4.24. The Labute approximate surface area is 201 Å². The Hall–Kier alpha value is -2.04. The Balaban J connectivity index is 1.81. The number of hydrogen-bond acceptors (Lipinski definition) is 2. The second-order valence-corrected chi connectivity index (χ2v) is 9.71. The van der Waals surface area contributed by atoms with E-state index < -0.39 is 6.04 Å². The van der Waals surface area contributed by atoms with E-state index in [4.69, 9.17) is 23.2 Å². The predicted molar refractivity (Wildman–Crippen MR) is 131 cm³/mol. The van der Waals surface area contributed by atoms with Gasteiger partial charge in [0.05, 0.1) is 16.5 Å². The Morgan fingerprint density at radius 1 is 1.03 bits per heavy atom. The van der Waals surface area contributed by atoms with Crippen LogP contribution in [-0.4, -0.2) is 28.8 Å². The van der Waals surface area contributed by atoms with Crippen molar-refractivity contribution in [3.05, 3.63) is 68.7 Å². The maximum atomic E-state index is 13.5. The molecule has 4 nitrogen and oxygen atoms in total. The van der Waals surface area contributed by atoms with Gasteiger partial charge in [-0.25, -0.2) is 0 Å². The lowest BCUT2D eigenvalue weighted by Crippen LogP contribution is -2.50. The molecule has 1 fully saturated rings. The van der Waals surface area contributed by atoms with Gasteiger partial charge in [-0.1, -0.05) is 72.3 Å². The highest BCUT2D eigenvalue weighted by Gasteiger charge is 2.28. The van der Waals surface area contributed by atoms with Crippen molar-refractivity contribution in [3.8, 4) is 0 Å². The highest BCUT2D eigenvalue weighted by atomic mass is 35.5. The summed E-state index contributed by atoms with van der Waals surface area (Å²) in [5, 5.41) is 4.06. The molecule has 6 heteroatoms. The summed E-state index contributed by atoms with van der Waals surface area (Å²) in [7, 11) is 0. The van der Waals surface area contributed by atoms with Crippen LogP contribution in [-0.2, 0) is 22.6 Å². The first kappa shape index (κ1) is 24.6. The van der Waals surface area contributed by atoms with Crippen LogP contribution >= 0.6 is 23.2 Å². The molecule has 1 unspecified atom stereocenters.